The van der Waals surface area contributed by atoms with Crippen molar-refractivity contribution >= 4 is 28.9 Å². The standard InChI is InChI=1S/C27H22N2O5/c1-33-21-14-11-20(12-15-21)27(32)34-24-16-13-18-7-5-6-10-22(18)23(24)17-28-29-26(31)25(30)19-8-3-2-4-9-19/h2-17,25,30H,1H3,(H,29,31)/b28-17-/t25-/m0/s1. The number of hydrogen-bond acceptors (Lipinski definition) is 6. The third kappa shape index (κ3) is 5.11. The van der Waals surface area contributed by atoms with Gasteiger partial charge in [0.25, 0.3) is 5.91 Å². The Labute approximate surface area is 196 Å². The van der Waals surface area contributed by atoms with Crippen LogP contribution in [0.3, 0.4) is 0 Å². The van der Waals surface area contributed by atoms with Crippen LogP contribution < -0.4 is 14.9 Å². The number of benzene rings is 4. The number of esters is 1. The van der Waals surface area contributed by atoms with Crippen LogP contribution in [0, 0.1) is 0 Å². The summed E-state index contributed by atoms with van der Waals surface area (Å²) in [5.74, 6) is -0.319. The maximum atomic E-state index is 12.7. The van der Waals surface area contributed by atoms with Gasteiger partial charge in [0.15, 0.2) is 6.10 Å². The Morgan fingerprint density at radius 1 is 0.912 bits per heavy atom. The highest BCUT2D eigenvalue weighted by Gasteiger charge is 2.17. The number of hydrazone groups is 1. The second kappa shape index (κ2) is 10.4. The molecule has 4 rings (SSSR count). The zero-order valence-electron chi connectivity index (χ0n) is 18.3. The molecule has 2 N–H and O–H groups in total. The Morgan fingerprint density at radius 2 is 1.62 bits per heavy atom. The lowest BCUT2D eigenvalue weighted by molar-refractivity contribution is -0.129. The first-order valence-electron chi connectivity index (χ1n) is 10.5. The van der Waals surface area contributed by atoms with Gasteiger partial charge in [0.1, 0.15) is 11.5 Å². The van der Waals surface area contributed by atoms with E-state index in [1.165, 1.54) is 6.21 Å². The molecule has 7 nitrogen and oxygen atoms in total. The number of nitrogens with one attached hydrogen (secondary N) is 1. The largest absolute Gasteiger partial charge is 0.497 e. The van der Waals surface area contributed by atoms with E-state index >= 15 is 0 Å². The van der Waals surface area contributed by atoms with Crippen LogP contribution in [0.4, 0.5) is 0 Å². The van der Waals surface area contributed by atoms with Gasteiger partial charge in [-0.05, 0) is 46.7 Å². The molecule has 0 aromatic heterocycles. The first-order valence-corrected chi connectivity index (χ1v) is 10.5. The van der Waals surface area contributed by atoms with Gasteiger partial charge in [-0.25, -0.2) is 10.2 Å². The molecule has 0 fully saturated rings. The molecule has 0 heterocycles. The maximum Gasteiger partial charge on any atom is 0.343 e. The third-order valence-corrected chi connectivity index (χ3v) is 5.19. The van der Waals surface area contributed by atoms with Crippen molar-refractivity contribution in [1.29, 1.82) is 0 Å². The van der Waals surface area contributed by atoms with E-state index in [4.69, 9.17) is 9.47 Å². The quantitative estimate of drug-likeness (QED) is 0.188. The number of aliphatic hydroxyl groups excluding tert-OH is 1. The smallest absolute Gasteiger partial charge is 0.343 e. The van der Waals surface area contributed by atoms with Gasteiger partial charge in [-0.1, -0.05) is 60.7 Å². The fourth-order valence-electron chi connectivity index (χ4n) is 3.39. The normalized spacial score (nSPS) is 11.8. The van der Waals surface area contributed by atoms with Crippen molar-refractivity contribution in [2.75, 3.05) is 7.11 Å². The summed E-state index contributed by atoms with van der Waals surface area (Å²) in [4.78, 5) is 25.0. The van der Waals surface area contributed by atoms with Crippen LogP contribution >= 0.6 is 0 Å². The van der Waals surface area contributed by atoms with E-state index in [0.29, 0.717) is 22.4 Å². The molecule has 7 heteroatoms. The van der Waals surface area contributed by atoms with E-state index in [2.05, 4.69) is 10.5 Å². The van der Waals surface area contributed by atoms with Gasteiger partial charge in [-0.15, -0.1) is 0 Å². The monoisotopic (exact) mass is 454 g/mol. The van der Waals surface area contributed by atoms with Gasteiger partial charge in [0.2, 0.25) is 0 Å². The lowest BCUT2D eigenvalue weighted by Gasteiger charge is -2.11. The first kappa shape index (κ1) is 22.7. The lowest BCUT2D eigenvalue weighted by Crippen LogP contribution is -2.25. The molecule has 34 heavy (non-hydrogen) atoms. The van der Waals surface area contributed by atoms with Crippen LogP contribution in [0.2, 0.25) is 0 Å². The summed E-state index contributed by atoms with van der Waals surface area (Å²) in [5.41, 5.74) is 3.66. The minimum Gasteiger partial charge on any atom is -0.497 e. The van der Waals surface area contributed by atoms with Gasteiger partial charge in [-0.3, -0.25) is 4.79 Å². The summed E-state index contributed by atoms with van der Waals surface area (Å²) in [6, 6.07) is 26.2. The fourth-order valence-corrected chi connectivity index (χ4v) is 3.39. The molecule has 0 spiro atoms. The van der Waals surface area contributed by atoms with Crippen molar-refractivity contribution in [3.8, 4) is 11.5 Å². The summed E-state index contributed by atoms with van der Waals surface area (Å²) in [7, 11) is 1.55. The van der Waals surface area contributed by atoms with E-state index in [-0.39, 0.29) is 5.75 Å². The molecule has 0 aliphatic carbocycles. The zero-order chi connectivity index (χ0) is 23.9. The van der Waals surface area contributed by atoms with Gasteiger partial charge in [0.05, 0.1) is 18.9 Å². The highest BCUT2D eigenvalue weighted by atomic mass is 16.5. The summed E-state index contributed by atoms with van der Waals surface area (Å²) in [5, 5.41) is 15.9. The van der Waals surface area contributed by atoms with E-state index in [1.54, 1.807) is 67.8 Å². The molecule has 1 amide bonds. The number of carbonyl (C=O) groups is 2. The van der Waals surface area contributed by atoms with Crippen LogP contribution in [0.25, 0.3) is 10.8 Å². The Hall–Kier alpha value is -4.49. The summed E-state index contributed by atoms with van der Waals surface area (Å²) in [6.45, 7) is 0. The van der Waals surface area contributed by atoms with Gasteiger partial charge < -0.3 is 14.6 Å². The van der Waals surface area contributed by atoms with Crippen molar-refractivity contribution in [2.24, 2.45) is 5.10 Å². The lowest BCUT2D eigenvalue weighted by atomic mass is 10.0. The second-order valence-electron chi connectivity index (χ2n) is 7.36. The number of amides is 1. The van der Waals surface area contributed by atoms with Gasteiger partial charge in [0, 0.05) is 5.56 Å². The summed E-state index contributed by atoms with van der Waals surface area (Å²) >= 11 is 0. The molecule has 0 bridgehead atoms. The highest BCUT2D eigenvalue weighted by Crippen LogP contribution is 2.27. The van der Waals surface area contributed by atoms with Crippen LogP contribution in [0.1, 0.15) is 27.6 Å². The Bertz CT molecular complexity index is 1330. The van der Waals surface area contributed by atoms with Crippen LogP contribution in [0.15, 0.2) is 96.1 Å². The van der Waals surface area contributed by atoms with Crippen molar-refractivity contribution in [3.63, 3.8) is 0 Å². The third-order valence-electron chi connectivity index (χ3n) is 5.19. The van der Waals surface area contributed by atoms with Crippen LogP contribution in [0.5, 0.6) is 11.5 Å². The number of hydrogen-bond donors (Lipinski definition) is 2. The summed E-state index contributed by atoms with van der Waals surface area (Å²) in [6.07, 6.45) is 0.0347. The number of ether oxygens (including phenoxy) is 2. The number of methoxy groups -OCH3 is 1. The Morgan fingerprint density at radius 3 is 2.35 bits per heavy atom. The minimum atomic E-state index is -1.36. The maximum absolute atomic E-state index is 12.7. The predicted molar refractivity (Wildman–Crippen MR) is 129 cm³/mol. The number of nitrogens with zero attached hydrogens (tertiary/aromatic N) is 1. The SMILES string of the molecule is COc1ccc(C(=O)Oc2ccc3ccccc3c2/C=N\NC(=O)[C@@H](O)c2ccccc2)cc1. The molecule has 0 saturated heterocycles. The van der Waals surface area contributed by atoms with Crippen molar-refractivity contribution in [3.05, 3.63) is 108 Å². The van der Waals surface area contributed by atoms with Gasteiger partial charge in [-0.2, -0.15) is 5.10 Å². The molecule has 1 atom stereocenters. The summed E-state index contributed by atoms with van der Waals surface area (Å²) < 4.78 is 10.8. The molecule has 0 unspecified atom stereocenters. The van der Waals surface area contributed by atoms with E-state index in [9.17, 15) is 14.7 Å². The predicted octanol–water partition coefficient (Wildman–Crippen LogP) is 4.25. The number of rotatable bonds is 7. The molecule has 0 aliphatic heterocycles. The fraction of sp³-hybridized carbons (Fsp3) is 0.0741. The molecule has 4 aromatic carbocycles. The number of aliphatic hydroxyl groups is 1. The van der Waals surface area contributed by atoms with Crippen molar-refractivity contribution < 1.29 is 24.2 Å². The average molecular weight is 454 g/mol. The highest BCUT2D eigenvalue weighted by molar-refractivity contribution is 6.04. The Balaban J connectivity index is 1.58. The minimum absolute atomic E-state index is 0.279. The van der Waals surface area contributed by atoms with Crippen molar-refractivity contribution in [1.82, 2.24) is 5.43 Å². The van der Waals surface area contributed by atoms with E-state index < -0.39 is 18.0 Å². The van der Waals surface area contributed by atoms with Crippen LogP contribution in [-0.2, 0) is 4.79 Å². The second-order valence-corrected chi connectivity index (χ2v) is 7.36. The Kier molecular flexibility index (Phi) is 6.95. The van der Waals surface area contributed by atoms with E-state index in [1.807, 2.05) is 30.3 Å². The molecule has 4 aromatic rings. The number of carbonyl (C=O) groups excluding carboxylic acids is 2. The van der Waals surface area contributed by atoms with E-state index in [0.717, 1.165) is 10.8 Å². The topological polar surface area (TPSA) is 97.2 Å². The molecule has 170 valence electrons. The zero-order valence-corrected chi connectivity index (χ0v) is 18.3. The van der Waals surface area contributed by atoms with Crippen LogP contribution in [-0.4, -0.2) is 30.3 Å². The first-order chi connectivity index (χ1) is 16.6. The molecule has 0 saturated carbocycles. The molecule has 0 aliphatic rings. The molecular weight excluding hydrogens is 432 g/mol. The van der Waals surface area contributed by atoms with Gasteiger partial charge >= 0.3 is 5.97 Å². The average Bonchev–Trinajstić information content (AvgIpc) is 2.89. The molecule has 0 radical (unpaired) electrons. The molecular formula is C27H22N2O5. The van der Waals surface area contributed by atoms with Crippen molar-refractivity contribution in [2.45, 2.75) is 6.10 Å². The number of fused-ring (bicyclic) bond motifs is 1.